The largest absolute Gasteiger partial charge is 0.462 e. The van der Waals surface area contributed by atoms with Crippen molar-refractivity contribution in [3.8, 4) is 0 Å². The number of ether oxygens (including phenoxy) is 1. The van der Waals surface area contributed by atoms with Crippen molar-refractivity contribution in [3.63, 3.8) is 0 Å². The molecule has 0 saturated heterocycles. The maximum absolute atomic E-state index is 11.3. The third-order valence-corrected chi connectivity index (χ3v) is 7.13. The van der Waals surface area contributed by atoms with Gasteiger partial charge in [-0.15, -0.1) is 0 Å². The first-order valence-corrected chi connectivity index (χ1v) is 10.8. The lowest BCUT2D eigenvalue weighted by Crippen LogP contribution is -2.27. The van der Waals surface area contributed by atoms with E-state index in [9.17, 15) is 4.79 Å². The number of hydrogen-bond donors (Lipinski definition) is 0. The first kappa shape index (κ1) is 15.6. The van der Waals surface area contributed by atoms with Crippen molar-refractivity contribution >= 4 is 24.0 Å². The molecular weight excluding hydrogens is 236 g/mol. The summed E-state index contributed by atoms with van der Waals surface area (Å²) >= 11 is 0. The molecule has 0 radical (unpaired) electrons. The van der Waals surface area contributed by atoms with Gasteiger partial charge in [0.15, 0.2) is 8.32 Å². The van der Waals surface area contributed by atoms with E-state index < -0.39 is 18.1 Å². The third kappa shape index (κ3) is 8.88. The van der Waals surface area contributed by atoms with E-state index in [4.69, 9.17) is 8.85 Å². The maximum atomic E-state index is 11.3. The first-order valence-electron chi connectivity index (χ1n) is 5.81. The van der Waals surface area contributed by atoms with Crippen molar-refractivity contribution in [2.24, 2.45) is 0 Å². The van der Waals surface area contributed by atoms with E-state index in [-0.39, 0.29) is 5.97 Å². The normalized spacial score (nSPS) is 13.4. The number of esters is 1. The summed E-state index contributed by atoms with van der Waals surface area (Å²) < 4.78 is 10.9. The van der Waals surface area contributed by atoms with Gasteiger partial charge >= 0.3 is 5.97 Å². The van der Waals surface area contributed by atoms with Crippen LogP contribution in [0.1, 0.15) is 20.3 Å². The Morgan fingerprint density at radius 2 is 2.00 bits per heavy atom. The number of allylic oxidation sites excluding steroid dienone is 1. The lowest BCUT2D eigenvalue weighted by atomic mass is 10.3. The van der Waals surface area contributed by atoms with Gasteiger partial charge in [0.05, 0.1) is 6.61 Å². The van der Waals surface area contributed by atoms with Crippen LogP contribution in [0.4, 0.5) is 0 Å². The molecule has 0 fully saturated rings. The average Bonchev–Trinajstić information content (AvgIpc) is 2.20. The van der Waals surface area contributed by atoms with Crippen molar-refractivity contribution in [2.45, 2.75) is 46.0 Å². The number of rotatable bonds is 7. The molecule has 0 aromatic rings. The summed E-state index contributed by atoms with van der Waals surface area (Å²) in [6, 6.07) is 1.09. The molecule has 0 spiro atoms. The average molecular weight is 260 g/mol. The zero-order valence-electron chi connectivity index (χ0n) is 11.1. The Morgan fingerprint density at radius 3 is 2.50 bits per heavy atom. The highest BCUT2D eigenvalue weighted by Crippen LogP contribution is 2.03. The summed E-state index contributed by atoms with van der Waals surface area (Å²) in [5.74, 6) is -0.199. The monoisotopic (exact) mass is 260 g/mol. The van der Waals surface area contributed by atoms with E-state index in [1.165, 1.54) is 0 Å². The van der Waals surface area contributed by atoms with E-state index >= 15 is 0 Å². The predicted molar refractivity (Wildman–Crippen MR) is 72.8 cm³/mol. The Bertz CT molecular complexity index is 244. The second kappa shape index (κ2) is 7.81. The molecule has 0 saturated carbocycles. The smallest absolute Gasteiger partial charge is 0.333 e. The van der Waals surface area contributed by atoms with E-state index in [1.54, 1.807) is 13.0 Å². The predicted octanol–water partition coefficient (Wildman–Crippen LogP) is 2.24. The fourth-order valence-corrected chi connectivity index (χ4v) is 4.41. The summed E-state index contributed by atoms with van der Waals surface area (Å²) in [4.78, 5) is 11.3. The van der Waals surface area contributed by atoms with Gasteiger partial charge in [0.1, 0.15) is 9.76 Å². The van der Waals surface area contributed by atoms with Gasteiger partial charge in [-0.25, -0.2) is 4.79 Å². The van der Waals surface area contributed by atoms with Crippen LogP contribution in [0.15, 0.2) is 11.6 Å². The van der Waals surface area contributed by atoms with Crippen LogP contribution in [0.25, 0.3) is 0 Å². The Kier molecular flexibility index (Phi) is 7.62. The second-order valence-corrected chi connectivity index (χ2v) is 11.3. The molecule has 0 bridgehead atoms. The molecule has 3 nitrogen and oxygen atoms in total. The minimum atomic E-state index is -1.32. The topological polar surface area (TPSA) is 35.5 Å². The van der Waals surface area contributed by atoms with Crippen LogP contribution in [-0.4, -0.2) is 30.7 Å². The van der Waals surface area contributed by atoms with Gasteiger partial charge in [-0.2, -0.15) is 0 Å². The quantitative estimate of drug-likeness (QED) is 0.305. The maximum Gasteiger partial charge on any atom is 0.333 e. The molecule has 0 aliphatic rings. The van der Waals surface area contributed by atoms with Crippen LogP contribution >= 0.6 is 0 Å². The number of hydrogen-bond acceptors (Lipinski definition) is 3. The van der Waals surface area contributed by atoms with Crippen LogP contribution in [0.3, 0.4) is 0 Å². The van der Waals surface area contributed by atoms with Crippen LogP contribution in [0.2, 0.25) is 25.7 Å². The summed E-state index contributed by atoms with van der Waals surface area (Å²) in [6.07, 6.45) is 2.70. The van der Waals surface area contributed by atoms with Crippen molar-refractivity contribution in [1.29, 1.82) is 0 Å². The van der Waals surface area contributed by atoms with Gasteiger partial charge in [0.25, 0.3) is 0 Å². The number of carbonyl (C=O) groups excluding carboxylic acids is 1. The molecular formula is C11H24O3Si2. The molecule has 0 amide bonds. The zero-order chi connectivity index (χ0) is 12.6. The molecule has 0 aromatic carbocycles. The van der Waals surface area contributed by atoms with E-state index in [0.717, 1.165) is 12.5 Å². The molecule has 0 aliphatic heterocycles. The Hall–Kier alpha value is -0.396. The molecule has 0 heterocycles. The summed E-state index contributed by atoms with van der Waals surface area (Å²) in [5.41, 5.74) is 0.676. The summed E-state index contributed by atoms with van der Waals surface area (Å²) in [6.45, 7) is 10.7. The molecule has 16 heavy (non-hydrogen) atoms. The lowest BCUT2D eigenvalue weighted by molar-refractivity contribution is -0.138. The molecule has 0 unspecified atom stereocenters. The Labute approximate surface area is 102 Å². The van der Waals surface area contributed by atoms with Gasteiger partial charge < -0.3 is 8.85 Å². The van der Waals surface area contributed by atoms with Gasteiger partial charge in [-0.05, 0) is 46.0 Å². The minimum absolute atomic E-state index is 0.199. The van der Waals surface area contributed by atoms with Gasteiger partial charge in [-0.3, -0.25) is 0 Å². The van der Waals surface area contributed by atoms with E-state index in [2.05, 4.69) is 19.6 Å². The van der Waals surface area contributed by atoms with Crippen LogP contribution in [0, 0.1) is 0 Å². The molecule has 0 atom stereocenters. The van der Waals surface area contributed by atoms with Crippen LogP contribution in [0.5, 0.6) is 0 Å². The van der Waals surface area contributed by atoms with Gasteiger partial charge in [0.2, 0.25) is 0 Å². The molecule has 0 aliphatic carbocycles. The van der Waals surface area contributed by atoms with Crippen LogP contribution < -0.4 is 0 Å². The fourth-order valence-electron chi connectivity index (χ4n) is 0.979. The highest BCUT2D eigenvalue weighted by molar-refractivity contribution is 6.73. The first-order chi connectivity index (χ1) is 7.37. The SMILES string of the molecule is CC=C(C)C(=O)OCCC[SiH2]O[Si](C)(C)C. The van der Waals surface area contributed by atoms with E-state index in [1.807, 2.05) is 6.92 Å². The highest BCUT2D eigenvalue weighted by Gasteiger charge is 2.12. The molecule has 0 rings (SSSR count). The van der Waals surface area contributed by atoms with E-state index in [0.29, 0.717) is 12.2 Å². The van der Waals surface area contributed by atoms with Gasteiger partial charge in [0, 0.05) is 5.57 Å². The van der Waals surface area contributed by atoms with Crippen molar-refractivity contribution in [3.05, 3.63) is 11.6 Å². The zero-order valence-corrected chi connectivity index (χ0v) is 13.5. The number of carbonyl (C=O) groups is 1. The Balaban J connectivity index is 3.45. The molecule has 5 heteroatoms. The lowest BCUT2D eigenvalue weighted by Gasteiger charge is -2.17. The molecule has 0 N–H and O–H groups in total. The molecule has 0 aromatic heterocycles. The Morgan fingerprint density at radius 1 is 1.38 bits per heavy atom. The van der Waals surface area contributed by atoms with Crippen molar-refractivity contribution in [1.82, 2.24) is 0 Å². The second-order valence-electron chi connectivity index (χ2n) is 4.78. The standard InChI is InChI=1S/C11H24O3Si2/c1-6-10(2)11(12)13-8-7-9-15-14-16(3,4)5/h6H,7-9,15H2,1-5H3. The minimum Gasteiger partial charge on any atom is -0.462 e. The molecule has 94 valence electrons. The van der Waals surface area contributed by atoms with Crippen molar-refractivity contribution in [2.75, 3.05) is 6.61 Å². The summed E-state index contributed by atoms with van der Waals surface area (Å²) in [5, 5.41) is 0. The summed E-state index contributed by atoms with van der Waals surface area (Å²) in [7, 11) is -1.72. The van der Waals surface area contributed by atoms with Crippen molar-refractivity contribution < 1.29 is 13.6 Å². The van der Waals surface area contributed by atoms with Crippen LogP contribution in [-0.2, 0) is 13.6 Å². The highest BCUT2D eigenvalue weighted by atomic mass is 28.4. The van der Waals surface area contributed by atoms with Gasteiger partial charge in [-0.1, -0.05) is 6.08 Å². The fraction of sp³-hybridized carbons (Fsp3) is 0.727. The third-order valence-electron chi connectivity index (χ3n) is 2.06.